The number of ether oxygens (including phenoxy) is 1. The van der Waals surface area contributed by atoms with E-state index >= 15 is 0 Å². The predicted molar refractivity (Wildman–Crippen MR) is 130 cm³/mol. The monoisotopic (exact) mass is 477 g/mol. The number of aromatic nitrogens is 2. The van der Waals surface area contributed by atoms with E-state index in [1.807, 2.05) is 37.3 Å². The summed E-state index contributed by atoms with van der Waals surface area (Å²) in [5.74, 6) is 1.02. The molecule has 0 spiro atoms. The van der Waals surface area contributed by atoms with Crippen LogP contribution in [0.4, 0.5) is 11.6 Å². The first kappa shape index (κ1) is 23.5. The van der Waals surface area contributed by atoms with Crippen molar-refractivity contribution < 1.29 is 24.4 Å². The van der Waals surface area contributed by atoms with Crippen LogP contribution in [0.3, 0.4) is 0 Å². The molecule has 1 heterocycles. The van der Waals surface area contributed by atoms with E-state index in [4.69, 9.17) is 9.57 Å². The molecule has 0 amide bonds. The number of nitrogens with two attached hydrogens (primary N) is 1. The third-order valence-corrected chi connectivity index (χ3v) is 6.01. The molecule has 1 aromatic heterocycles. The van der Waals surface area contributed by atoms with Gasteiger partial charge in [-0.3, -0.25) is 4.72 Å². The lowest BCUT2D eigenvalue weighted by molar-refractivity contribution is -0.830. The van der Waals surface area contributed by atoms with E-state index in [0.717, 1.165) is 22.4 Å². The number of aryl methyl sites for hydroxylation is 1. The van der Waals surface area contributed by atoms with Crippen LogP contribution in [0.1, 0.15) is 11.1 Å². The summed E-state index contributed by atoms with van der Waals surface area (Å²) in [6.45, 7) is 1.95. The van der Waals surface area contributed by atoms with Crippen molar-refractivity contribution >= 4 is 22.6 Å². The van der Waals surface area contributed by atoms with Crippen LogP contribution in [0, 0.1) is 6.92 Å². The molecule has 0 radical (unpaired) electrons. The number of quaternary nitrogens is 1. The highest BCUT2D eigenvalue weighted by Crippen LogP contribution is 2.28. The molecule has 3 aromatic carbocycles. The molecule has 0 saturated carbocycles. The third-order valence-electron chi connectivity index (χ3n) is 4.96. The lowest BCUT2D eigenvalue weighted by Gasteiger charge is -2.12. The zero-order valence-corrected chi connectivity index (χ0v) is 19.6. The van der Waals surface area contributed by atoms with E-state index in [2.05, 4.69) is 14.7 Å². The first-order valence-electron chi connectivity index (χ1n) is 10.5. The van der Waals surface area contributed by atoms with Gasteiger partial charge in [0.15, 0.2) is 16.7 Å². The number of aliphatic hydroxyl groups is 1. The van der Waals surface area contributed by atoms with Gasteiger partial charge >= 0.3 is 0 Å². The van der Waals surface area contributed by atoms with Crippen molar-refractivity contribution in [3.05, 3.63) is 90.0 Å². The molecule has 1 atom stereocenters. The Kier molecular flexibility index (Phi) is 7.61. The van der Waals surface area contributed by atoms with E-state index in [-0.39, 0.29) is 12.6 Å². The largest absolute Gasteiger partial charge is 0.439 e. The zero-order chi connectivity index (χ0) is 23.9. The normalized spacial score (nSPS) is 11.7. The van der Waals surface area contributed by atoms with Crippen LogP contribution in [-0.2, 0) is 22.4 Å². The molecular weight excluding hydrogens is 452 g/mol. The van der Waals surface area contributed by atoms with Crippen LogP contribution >= 0.6 is 0 Å². The van der Waals surface area contributed by atoms with E-state index in [1.54, 1.807) is 61.1 Å². The Bertz CT molecular complexity index is 1300. The molecule has 34 heavy (non-hydrogen) atoms. The van der Waals surface area contributed by atoms with Gasteiger partial charge < -0.3 is 9.84 Å². The quantitative estimate of drug-likeness (QED) is 0.251. The highest BCUT2D eigenvalue weighted by atomic mass is 32.2. The molecular formula is C25H25N4O4S+. The molecule has 9 heteroatoms. The summed E-state index contributed by atoms with van der Waals surface area (Å²) in [5.41, 5.74) is 5.73. The lowest BCUT2D eigenvalue weighted by atomic mass is 10.1. The fraction of sp³-hybridized carbons (Fsp3) is 0.120. The van der Waals surface area contributed by atoms with Crippen molar-refractivity contribution in [3.8, 4) is 22.9 Å². The molecule has 0 aliphatic carbocycles. The molecule has 4 N–H and O–H groups in total. The van der Waals surface area contributed by atoms with Crippen LogP contribution in [0.15, 0.2) is 83.8 Å². The second-order valence-corrected chi connectivity index (χ2v) is 8.64. The number of hydrogen-bond donors (Lipinski definition) is 3. The fourth-order valence-electron chi connectivity index (χ4n) is 3.29. The number of hydrogen-bond acceptors (Lipinski definition) is 6. The summed E-state index contributed by atoms with van der Waals surface area (Å²) in [6, 6.07) is 23.8. The van der Waals surface area contributed by atoms with Crippen LogP contribution in [0.2, 0.25) is 0 Å². The van der Waals surface area contributed by atoms with E-state index < -0.39 is 11.0 Å². The third kappa shape index (κ3) is 5.83. The minimum atomic E-state index is -1.61. The second kappa shape index (κ2) is 11.0. The maximum atomic E-state index is 13.0. The summed E-state index contributed by atoms with van der Waals surface area (Å²) in [4.78, 5) is 14.6. The minimum absolute atomic E-state index is 0.0472. The molecule has 4 aromatic rings. The Balaban J connectivity index is 1.67. The van der Waals surface area contributed by atoms with Gasteiger partial charge in [-0.05, 0) is 36.2 Å². The Morgan fingerprint density at radius 2 is 1.79 bits per heavy atom. The van der Waals surface area contributed by atoms with Gasteiger partial charge in [0.25, 0.3) is 0 Å². The van der Waals surface area contributed by atoms with Crippen LogP contribution in [0.25, 0.3) is 11.3 Å². The first-order valence-corrected chi connectivity index (χ1v) is 11.7. The lowest BCUT2D eigenvalue weighted by Crippen LogP contribution is -2.75. The van der Waals surface area contributed by atoms with E-state index in [9.17, 15) is 9.32 Å². The van der Waals surface area contributed by atoms with Gasteiger partial charge in [0.1, 0.15) is 5.75 Å². The summed E-state index contributed by atoms with van der Waals surface area (Å²) >= 11 is 0. The van der Waals surface area contributed by atoms with Crippen molar-refractivity contribution in [2.24, 2.45) is 0 Å². The number of aliphatic hydroxyl groups excluding tert-OH is 1. The van der Waals surface area contributed by atoms with Gasteiger partial charge in [0, 0.05) is 23.8 Å². The molecule has 4 rings (SSSR count). The van der Waals surface area contributed by atoms with E-state index in [0.29, 0.717) is 22.2 Å². The van der Waals surface area contributed by atoms with Gasteiger partial charge in [0.2, 0.25) is 11.8 Å². The Hall–Kier alpha value is -3.63. The van der Waals surface area contributed by atoms with Gasteiger partial charge in [-0.25, -0.2) is 14.0 Å². The SMILES string of the molecule is CO[NH2+]c1cccc(S(=O)Nc2nc(Oc3ccc(CO)cc3)cc(-c3ccccc3C)n2)c1. The summed E-state index contributed by atoms with van der Waals surface area (Å²) in [6.07, 6.45) is 0. The Morgan fingerprint density at radius 1 is 1.00 bits per heavy atom. The van der Waals surface area contributed by atoms with Gasteiger partial charge in [-0.1, -0.05) is 42.5 Å². The van der Waals surface area contributed by atoms with Gasteiger partial charge in [0.05, 0.1) is 24.3 Å². The number of anilines is 1. The Morgan fingerprint density at radius 3 is 2.53 bits per heavy atom. The molecule has 174 valence electrons. The zero-order valence-electron chi connectivity index (χ0n) is 18.8. The average Bonchev–Trinajstić information content (AvgIpc) is 2.85. The number of nitrogens with zero attached hydrogens (tertiary/aromatic N) is 2. The van der Waals surface area contributed by atoms with Crippen LogP contribution in [-0.4, -0.2) is 26.4 Å². The van der Waals surface area contributed by atoms with Crippen molar-refractivity contribution in [1.29, 1.82) is 0 Å². The van der Waals surface area contributed by atoms with Gasteiger partial charge in [-0.15, -0.1) is 0 Å². The van der Waals surface area contributed by atoms with Crippen molar-refractivity contribution in [1.82, 2.24) is 9.97 Å². The van der Waals surface area contributed by atoms with Crippen molar-refractivity contribution in [3.63, 3.8) is 0 Å². The topological polar surface area (TPSA) is 110 Å². The number of rotatable bonds is 9. The first-order chi connectivity index (χ1) is 16.6. The highest BCUT2D eigenvalue weighted by molar-refractivity contribution is 7.86. The highest BCUT2D eigenvalue weighted by Gasteiger charge is 2.14. The predicted octanol–water partition coefficient (Wildman–Crippen LogP) is 3.63. The maximum absolute atomic E-state index is 13.0. The molecule has 0 aliphatic rings. The summed E-state index contributed by atoms with van der Waals surface area (Å²) in [5, 5.41) is 9.26. The van der Waals surface area contributed by atoms with E-state index in [1.165, 1.54) is 0 Å². The van der Waals surface area contributed by atoms with Crippen molar-refractivity contribution in [2.45, 2.75) is 18.4 Å². The van der Waals surface area contributed by atoms with Crippen molar-refractivity contribution in [2.75, 3.05) is 11.8 Å². The minimum Gasteiger partial charge on any atom is -0.439 e. The Labute approximate surface area is 200 Å². The fourth-order valence-corrected chi connectivity index (χ4v) is 4.11. The standard InChI is InChI=1S/C25H24N4O4S/c1-17-6-3-4-9-22(17)23-15-24(33-20-12-10-18(16-30)11-13-20)27-25(26-23)29-34(31)21-8-5-7-19(14-21)28-32-2/h3-15,28,30H,16H2,1-2H3,(H,26,27,29)/p+1. The molecule has 0 aliphatic heterocycles. The second-order valence-electron chi connectivity index (χ2n) is 7.43. The molecule has 0 saturated heterocycles. The molecule has 1 unspecified atom stereocenters. The summed E-state index contributed by atoms with van der Waals surface area (Å²) in [7, 11) is -0.0501. The number of benzene rings is 3. The summed E-state index contributed by atoms with van der Waals surface area (Å²) < 4.78 is 21.9. The maximum Gasteiger partial charge on any atom is 0.238 e. The van der Waals surface area contributed by atoms with Crippen LogP contribution in [0.5, 0.6) is 11.6 Å². The molecule has 8 nitrogen and oxygen atoms in total. The molecule has 0 fully saturated rings. The number of nitrogens with one attached hydrogen (secondary N) is 1. The smallest absolute Gasteiger partial charge is 0.238 e. The van der Waals surface area contributed by atoms with Crippen LogP contribution < -0.4 is 14.9 Å². The average molecular weight is 478 g/mol. The molecule has 0 bridgehead atoms. The van der Waals surface area contributed by atoms with Gasteiger partial charge in [-0.2, -0.15) is 10.5 Å².